The molecule has 0 aromatic heterocycles. The third kappa shape index (κ3) is 12.5. The van der Waals surface area contributed by atoms with Crippen molar-refractivity contribution in [2.45, 2.75) is 130 Å². The molecule has 0 aliphatic carbocycles. The van der Waals surface area contributed by atoms with Crippen LogP contribution in [-0.4, -0.2) is 24.5 Å². The highest BCUT2D eigenvalue weighted by Crippen LogP contribution is 2.36. The summed E-state index contributed by atoms with van der Waals surface area (Å²) < 4.78 is 0. The summed E-state index contributed by atoms with van der Waals surface area (Å²) in [5, 5.41) is 1.98. The summed E-state index contributed by atoms with van der Waals surface area (Å²) in [6.45, 7) is 9.81. The van der Waals surface area contributed by atoms with E-state index in [2.05, 4.69) is 33.1 Å². The number of carbonyl (C=O) groups is 1. The van der Waals surface area contributed by atoms with Crippen LogP contribution in [-0.2, 0) is 4.79 Å². The van der Waals surface area contributed by atoms with Gasteiger partial charge in [-0.25, -0.2) is 5.01 Å². The first kappa shape index (κ1) is 26.4. The number of nitrogens with one attached hydrogen (secondary N) is 1. The number of hydrogen-bond donors (Lipinski definition) is 1. The van der Waals surface area contributed by atoms with Gasteiger partial charge in [0, 0.05) is 13.6 Å². The molecule has 0 atom stereocenters. The number of rotatable bonds is 19. The predicted molar refractivity (Wildman–Crippen MR) is 120 cm³/mol. The highest BCUT2D eigenvalue weighted by atomic mass is 16.2. The van der Waals surface area contributed by atoms with E-state index in [1.54, 1.807) is 0 Å². The van der Waals surface area contributed by atoms with Crippen LogP contribution in [0.4, 0.5) is 0 Å². The van der Waals surface area contributed by atoms with Gasteiger partial charge in [0.1, 0.15) is 0 Å². The molecule has 0 saturated carbocycles. The van der Waals surface area contributed by atoms with Crippen molar-refractivity contribution in [3.05, 3.63) is 0 Å². The number of hydrogen-bond acceptors (Lipinski definition) is 2. The predicted octanol–water partition coefficient (Wildman–Crippen LogP) is 7.26. The van der Waals surface area contributed by atoms with Crippen LogP contribution >= 0.6 is 0 Å². The first-order chi connectivity index (χ1) is 13.1. The summed E-state index contributed by atoms with van der Waals surface area (Å²) in [6, 6.07) is 0. The zero-order chi connectivity index (χ0) is 20.4. The second kappa shape index (κ2) is 17.5. The lowest BCUT2D eigenvalue weighted by Gasteiger charge is -2.34. The van der Waals surface area contributed by atoms with Crippen molar-refractivity contribution in [2.75, 3.05) is 13.6 Å². The van der Waals surface area contributed by atoms with E-state index in [-0.39, 0.29) is 11.3 Å². The summed E-state index contributed by atoms with van der Waals surface area (Å²) in [6.07, 6.45) is 19.7. The van der Waals surface area contributed by atoms with Crippen molar-refractivity contribution < 1.29 is 4.79 Å². The smallest absolute Gasteiger partial charge is 0.240 e. The SMILES string of the molecule is CCCCCCCCC(CC)(CCCCCCCC)C(=O)NN(C)CCC. The summed E-state index contributed by atoms with van der Waals surface area (Å²) in [5.41, 5.74) is 3.02. The first-order valence-corrected chi connectivity index (χ1v) is 12.1. The fourth-order valence-corrected chi connectivity index (χ4v) is 4.04. The Kier molecular flexibility index (Phi) is 17.2. The largest absolute Gasteiger partial charge is 0.289 e. The lowest BCUT2D eigenvalue weighted by Crippen LogP contribution is -2.48. The number of nitrogens with zero attached hydrogens (tertiary/aromatic N) is 1. The molecule has 162 valence electrons. The monoisotopic (exact) mass is 382 g/mol. The third-order valence-corrected chi connectivity index (χ3v) is 6.03. The Labute approximate surface area is 171 Å². The maximum Gasteiger partial charge on any atom is 0.240 e. The van der Waals surface area contributed by atoms with Crippen molar-refractivity contribution in [3.8, 4) is 0 Å². The Morgan fingerprint density at radius 2 is 1.15 bits per heavy atom. The van der Waals surface area contributed by atoms with Crippen LogP contribution < -0.4 is 5.43 Å². The van der Waals surface area contributed by atoms with E-state index in [0.29, 0.717) is 0 Å². The molecule has 1 amide bonds. The molecule has 0 aliphatic heterocycles. The quantitative estimate of drug-likeness (QED) is 0.188. The van der Waals surface area contributed by atoms with Crippen LogP contribution in [0, 0.1) is 5.41 Å². The van der Waals surface area contributed by atoms with Crippen LogP contribution in [0.15, 0.2) is 0 Å². The van der Waals surface area contributed by atoms with Gasteiger partial charge in [-0.1, -0.05) is 105 Å². The molecule has 0 aromatic rings. The Bertz CT molecular complexity index is 327. The first-order valence-electron chi connectivity index (χ1n) is 12.1. The van der Waals surface area contributed by atoms with Gasteiger partial charge in [0.25, 0.3) is 0 Å². The summed E-state index contributed by atoms with van der Waals surface area (Å²) in [5.74, 6) is 0.267. The molecule has 0 aliphatic rings. The molecule has 27 heavy (non-hydrogen) atoms. The van der Waals surface area contributed by atoms with Gasteiger partial charge in [-0.2, -0.15) is 0 Å². The zero-order valence-electron chi connectivity index (χ0n) is 19.4. The van der Waals surface area contributed by atoms with Gasteiger partial charge in [0.2, 0.25) is 5.91 Å². The highest BCUT2D eigenvalue weighted by Gasteiger charge is 2.35. The molecule has 3 nitrogen and oxygen atoms in total. The van der Waals surface area contributed by atoms with E-state index in [1.165, 1.54) is 77.0 Å². The molecule has 0 rings (SSSR count). The summed E-state index contributed by atoms with van der Waals surface area (Å²) in [4.78, 5) is 13.2. The molecule has 0 fully saturated rings. The lowest BCUT2D eigenvalue weighted by molar-refractivity contribution is -0.137. The minimum absolute atomic E-state index is 0.169. The third-order valence-electron chi connectivity index (χ3n) is 6.03. The molecular weight excluding hydrogens is 332 g/mol. The molecule has 0 heterocycles. The average Bonchev–Trinajstić information content (AvgIpc) is 2.65. The highest BCUT2D eigenvalue weighted by molar-refractivity contribution is 5.82. The standard InChI is InChI=1S/C24H50N2O/c1-6-10-12-14-16-18-20-24(9-4,21-19-17-15-13-11-7-2)23(27)25-26(5)22-8-3/h6-22H2,1-5H3,(H,25,27). The molecule has 0 unspecified atom stereocenters. The molecular formula is C24H50N2O. The normalized spacial score (nSPS) is 11.9. The second-order valence-electron chi connectivity index (χ2n) is 8.53. The van der Waals surface area contributed by atoms with E-state index in [4.69, 9.17) is 0 Å². The molecule has 0 aromatic carbocycles. The maximum atomic E-state index is 13.2. The van der Waals surface area contributed by atoms with Crippen molar-refractivity contribution in [1.29, 1.82) is 0 Å². The number of unbranched alkanes of at least 4 members (excludes halogenated alkanes) is 10. The summed E-state index contributed by atoms with van der Waals surface area (Å²) >= 11 is 0. The van der Waals surface area contributed by atoms with Crippen LogP contribution in [0.1, 0.15) is 130 Å². The Morgan fingerprint density at radius 3 is 1.56 bits per heavy atom. The van der Waals surface area contributed by atoms with Crippen LogP contribution in [0.5, 0.6) is 0 Å². The zero-order valence-corrected chi connectivity index (χ0v) is 19.4. The van der Waals surface area contributed by atoms with E-state index in [9.17, 15) is 4.79 Å². The van der Waals surface area contributed by atoms with Gasteiger partial charge in [0.05, 0.1) is 5.41 Å². The van der Waals surface area contributed by atoms with Crippen LogP contribution in [0.2, 0.25) is 0 Å². The Hall–Kier alpha value is -0.570. The Morgan fingerprint density at radius 1 is 0.704 bits per heavy atom. The van der Waals surface area contributed by atoms with E-state index in [1.807, 2.05) is 12.1 Å². The van der Waals surface area contributed by atoms with Crippen molar-refractivity contribution in [3.63, 3.8) is 0 Å². The number of carbonyl (C=O) groups excluding carboxylic acids is 1. The number of amides is 1. The van der Waals surface area contributed by atoms with E-state index >= 15 is 0 Å². The Balaban J connectivity index is 4.63. The second-order valence-corrected chi connectivity index (χ2v) is 8.53. The molecule has 3 heteroatoms. The summed E-state index contributed by atoms with van der Waals surface area (Å²) in [7, 11) is 2.00. The molecule has 0 bridgehead atoms. The van der Waals surface area contributed by atoms with Gasteiger partial charge >= 0.3 is 0 Å². The number of hydrazine groups is 1. The fraction of sp³-hybridized carbons (Fsp3) is 0.958. The van der Waals surface area contributed by atoms with Gasteiger partial charge in [0.15, 0.2) is 0 Å². The molecule has 0 saturated heterocycles. The van der Waals surface area contributed by atoms with Crippen molar-refractivity contribution in [1.82, 2.24) is 10.4 Å². The maximum absolute atomic E-state index is 13.2. The van der Waals surface area contributed by atoms with E-state index in [0.717, 1.165) is 32.2 Å². The molecule has 0 radical (unpaired) electrons. The minimum Gasteiger partial charge on any atom is -0.289 e. The molecule has 1 N–H and O–H groups in total. The lowest BCUT2D eigenvalue weighted by atomic mass is 9.75. The van der Waals surface area contributed by atoms with Crippen LogP contribution in [0.25, 0.3) is 0 Å². The average molecular weight is 383 g/mol. The van der Waals surface area contributed by atoms with Crippen molar-refractivity contribution in [2.24, 2.45) is 5.41 Å². The fourth-order valence-electron chi connectivity index (χ4n) is 4.04. The minimum atomic E-state index is -0.169. The van der Waals surface area contributed by atoms with Gasteiger partial charge < -0.3 is 0 Å². The van der Waals surface area contributed by atoms with Crippen LogP contribution in [0.3, 0.4) is 0 Å². The van der Waals surface area contributed by atoms with Gasteiger partial charge in [-0.05, 0) is 25.7 Å². The van der Waals surface area contributed by atoms with Gasteiger partial charge in [-0.15, -0.1) is 0 Å². The molecule has 0 spiro atoms. The van der Waals surface area contributed by atoms with Crippen molar-refractivity contribution >= 4 is 5.91 Å². The van der Waals surface area contributed by atoms with E-state index < -0.39 is 0 Å². The topological polar surface area (TPSA) is 32.3 Å². The van der Waals surface area contributed by atoms with Gasteiger partial charge in [-0.3, -0.25) is 10.2 Å².